The largest absolute Gasteiger partial charge is 0.339 e. The normalized spacial score (nSPS) is 23.4. The van der Waals surface area contributed by atoms with Gasteiger partial charge in [0.2, 0.25) is 11.7 Å². The number of aromatic nitrogens is 3. The SMILES string of the molecule is CN[C@@H]1CCC[C@@H]1c1nc(-c2ccccn2)no1. The topological polar surface area (TPSA) is 63.8 Å². The minimum absolute atomic E-state index is 0.333. The Morgan fingerprint density at radius 1 is 1.33 bits per heavy atom. The van der Waals surface area contributed by atoms with Crippen LogP contribution >= 0.6 is 0 Å². The van der Waals surface area contributed by atoms with Crippen LogP contribution in [0.2, 0.25) is 0 Å². The molecule has 94 valence electrons. The van der Waals surface area contributed by atoms with Gasteiger partial charge < -0.3 is 9.84 Å². The fraction of sp³-hybridized carbons (Fsp3) is 0.462. The van der Waals surface area contributed by atoms with Crippen LogP contribution in [0.3, 0.4) is 0 Å². The molecule has 2 aromatic rings. The molecule has 5 heteroatoms. The summed E-state index contributed by atoms with van der Waals surface area (Å²) in [5, 5.41) is 7.34. The van der Waals surface area contributed by atoms with Gasteiger partial charge in [-0.25, -0.2) is 0 Å². The molecule has 1 N–H and O–H groups in total. The molecule has 3 rings (SSSR count). The minimum atomic E-state index is 0.333. The van der Waals surface area contributed by atoms with Gasteiger partial charge in [-0.05, 0) is 32.0 Å². The summed E-state index contributed by atoms with van der Waals surface area (Å²) in [6, 6.07) is 6.13. The Kier molecular flexibility index (Phi) is 3.06. The molecule has 0 aliphatic heterocycles. The third kappa shape index (κ3) is 2.01. The molecule has 2 heterocycles. The Labute approximate surface area is 106 Å². The Bertz CT molecular complexity index is 511. The van der Waals surface area contributed by atoms with Gasteiger partial charge in [-0.2, -0.15) is 4.98 Å². The quantitative estimate of drug-likeness (QED) is 0.894. The van der Waals surface area contributed by atoms with Gasteiger partial charge in [0.05, 0.1) is 5.92 Å². The first-order valence-electron chi connectivity index (χ1n) is 6.31. The maximum Gasteiger partial charge on any atom is 0.231 e. The van der Waals surface area contributed by atoms with Crippen molar-refractivity contribution in [2.24, 2.45) is 0 Å². The van der Waals surface area contributed by atoms with Crippen molar-refractivity contribution in [1.82, 2.24) is 20.4 Å². The molecule has 1 saturated carbocycles. The number of hydrogen-bond acceptors (Lipinski definition) is 5. The van der Waals surface area contributed by atoms with Crippen LogP contribution in [0.4, 0.5) is 0 Å². The van der Waals surface area contributed by atoms with E-state index in [4.69, 9.17) is 4.52 Å². The van der Waals surface area contributed by atoms with Gasteiger partial charge in [-0.3, -0.25) is 4.98 Å². The predicted molar refractivity (Wildman–Crippen MR) is 67.0 cm³/mol. The molecule has 5 nitrogen and oxygen atoms in total. The number of likely N-dealkylation sites (N-methyl/N-ethyl adjacent to an activating group) is 1. The van der Waals surface area contributed by atoms with E-state index in [-0.39, 0.29) is 0 Å². The van der Waals surface area contributed by atoms with Gasteiger partial charge in [-0.15, -0.1) is 0 Å². The molecule has 18 heavy (non-hydrogen) atoms. The second kappa shape index (κ2) is 4.86. The van der Waals surface area contributed by atoms with Gasteiger partial charge in [-0.1, -0.05) is 17.6 Å². The van der Waals surface area contributed by atoms with E-state index in [0.29, 0.717) is 17.8 Å². The van der Waals surface area contributed by atoms with Gasteiger partial charge >= 0.3 is 0 Å². The molecule has 0 unspecified atom stereocenters. The van der Waals surface area contributed by atoms with Gasteiger partial charge in [0.25, 0.3) is 0 Å². The lowest BCUT2D eigenvalue weighted by Gasteiger charge is -2.14. The van der Waals surface area contributed by atoms with Crippen LogP contribution in [-0.4, -0.2) is 28.2 Å². The summed E-state index contributed by atoms with van der Waals surface area (Å²) in [6.07, 6.45) is 5.21. The number of rotatable bonds is 3. The Balaban J connectivity index is 1.86. The van der Waals surface area contributed by atoms with Crippen molar-refractivity contribution in [3.63, 3.8) is 0 Å². The van der Waals surface area contributed by atoms with E-state index in [0.717, 1.165) is 18.0 Å². The van der Waals surface area contributed by atoms with Crippen molar-refractivity contribution in [3.05, 3.63) is 30.3 Å². The summed E-state index contributed by atoms with van der Waals surface area (Å²) < 4.78 is 5.39. The summed E-state index contributed by atoms with van der Waals surface area (Å²) in [6.45, 7) is 0. The summed E-state index contributed by atoms with van der Waals surface area (Å²) in [5.74, 6) is 1.64. The van der Waals surface area contributed by atoms with Crippen molar-refractivity contribution in [2.75, 3.05) is 7.05 Å². The van der Waals surface area contributed by atoms with Gasteiger partial charge in [0, 0.05) is 12.2 Å². The van der Waals surface area contributed by atoms with Crippen LogP contribution in [0.15, 0.2) is 28.9 Å². The minimum Gasteiger partial charge on any atom is -0.339 e. The molecule has 0 radical (unpaired) electrons. The fourth-order valence-electron chi connectivity index (χ4n) is 2.59. The lowest BCUT2D eigenvalue weighted by molar-refractivity contribution is 0.335. The van der Waals surface area contributed by atoms with E-state index in [9.17, 15) is 0 Å². The number of nitrogens with one attached hydrogen (secondary N) is 1. The summed E-state index contributed by atoms with van der Waals surface area (Å²) >= 11 is 0. The zero-order valence-corrected chi connectivity index (χ0v) is 10.3. The van der Waals surface area contributed by atoms with Crippen LogP contribution in [0.5, 0.6) is 0 Å². The van der Waals surface area contributed by atoms with E-state index in [1.54, 1.807) is 6.20 Å². The molecule has 1 aliphatic rings. The number of nitrogens with zero attached hydrogens (tertiary/aromatic N) is 3. The highest BCUT2D eigenvalue weighted by molar-refractivity contribution is 5.47. The van der Waals surface area contributed by atoms with Crippen LogP contribution in [0.1, 0.15) is 31.1 Å². The first-order chi connectivity index (χ1) is 8.88. The van der Waals surface area contributed by atoms with E-state index in [1.165, 1.54) is 12.8 Å². The maximum atomic E-state index is 5.39. The summed E-state index contributed by atoms with van der Waals surface area (Å²) in [4.78, 5) is 8.71. The average molecular weight is 244 g/mol. The summed E-state index contributed by atoms with van der Waals surface area (Å²) in [5.41, 5.74) is 0.756. The first kappa shape index (κ1) is 11.3. The zero-order valence-electron chi connectivity index (χ0n) is 10.3. The summed E-state index contributed by atoms with van der Waals surface area (Å²) in [7, 11) is 1.99. The van der Waals surface area contributed by atoms with Gasteiger partial charge in [0.1, 0.15) is 5.69 Å². The number of pyridine rings is 1. The molecular weight excluding hydrogens is 228 g/mol. The molecule has 0 saturated heterocycles. The molecule has 0 aromatic carbocycles. The van der Waals surface area contributed by atoms with Crippen LogP contribution in [0, 0.1) is 0 Å². The first-order valence-corrected chi connectivity index (χ1v) is 6.31. The van der Waals surface area contributed by atoms with E-state index >= 15 is 0 Å². The fourth-order valence-corrected chi connectivity index (χ4v) is 2.59. The highest BCUT2D eigenvalue weighted by Gasteiger charge is 2.31. The molecule has 0 amide bonds. The highest BCUT2D eigenvalue weighted by atomic mass is 16.5. The van der Waals surface area contributed by atoms with Crippen molar-refractivity contribution >= 4 is 0 Å². The van der Waals surface area contributed by atoms with Crippen molar-refractivity contribution in [1.29, 1.82) is 0 Å². The van der Waals surface area contributed by atoms with Crippen molar-refractivity contribution in [2.45, 2.75) is 31.2 Å². The van der Waals surface area contributed by atoms with Gasteiger partial charge in [0.15, 0.2) is 0 Å². The average Bonchev–Trinajstić information content (AvgIpc) is 3.08. The molecule has 1 fully saturated rings. The third-order valence-corrected chi connectivity index (χ3v) is 3.54. The predicted octanol–water partition coefficient (Wildman–Crippen LogP) is 1.99. The zero-order chi connectivity index (χ0) is 12.4. The molecule has 1 aliphatic carbocycles. The maximum absolute atomic E-state index is 5.39. The molecule has 0 spiro atoms. The molecule has 0 bridgehead atoms. The number of hydrogen-bond donors (Lipinski definition) is 1. The van der Waals surface area contributed by atoms with Crippen LogP contribution < -0.4 is 5.32 Å². The van der Waals surface area contributed by atoms with E-state index in [1.807, 2.05) is 25.2 Å². The monoisotopic (exact) mass is 244 g/mol. The Morgan fingerprint density at radius 3 is 3.06 bits per heavy atom. The molecular formula is C13H16N4O. The standard InChI is InChI=1S/C13H16N4O/c1-14-10-7-4-5-9(10)13-16-12(17-18-13)11-6-2-3-8-15-11/h2-3,6,8-10,14H,4-5,7H2,1H3/t9-,10+/m0/s1. The van der Waals surface area contributed by atoms with Crippen molar-refractivity contribution < 1.29 is 4.52 Å². The lowest BCUT2D eigenvalue weighted by atomic mass is 10.0. The van der Waals surface area contributed by atoms with Crippen molar-refractivity contribution in [3.8, 4) is 11.5 Å². The highest BCUT2D eigenvalue weighted by Crippen LogP contribution is 2.34. The second-order valence-electron chi connectivity index (χ2n) is 4.60. The lowest BCUT2D eigenvalue weighted by Crippen LogP contribution is -2.27. The van der Waals surface area contributed by atoms with E-state index in [2.05, 4.69) is 20.4 Å². The van der Waals surface area contributed by atoms with Crippen LogP contribution in [0.25, 0.3) is 11.5 Å². The molecule has 2 aromatic heterocycles. The smallest absolute Gasteiger partial charge is 0.231 e. The Morgan fingerprint density at radius 2 is 2.28 bits per heavy atom. The second-order valence-corrected chi connectivity index (χ2v) is 4.60. The Hall–Kier alpha value is -1.75. The third-order valence-electron chi connectivity index (χ3n) is 3.54. The molecule has 2 atom stereocenters. The van der Waals surface area contributed by atoms with E-state index < -0.39 is 0 Å². The van der Waals surface area contributed by atoms with Crippen LogP contribution in [-0.2, 0) is 0 Å².